The molecule has 0 radical (unpaired) electrons. The highest BCUT2D eigenvalue weighted by molar-refractivity contribution is 5.76. The van der Waals surface area contributed by atoms with Crippen LogP contribution < -0.4 is 10.6 Å². The molecule has 3 N–H and O–H groups in total. The zero-order valence-corrected chi connectivity index (χ0v) is 27.1. The van der Waals surface area contributed by atoms with Crippen molar-refractivity contribution in [2.24, 2.45) is 0 Å². The summed E-state index contributed by atoms with van der Waals surface area (Å²) < 4.78 is 15.7. The van der Waals surface area contributed by atoms with Gasteiger partial charge in [-0.05, 0) is 89.5 Å². The van der Waals surface area contributed by atoms with Crippen LogP contribution in [0.2, 0.25) is 0 Å². The van der Waals surface area contributed by atoms with E-state index in [1.54, 1.807) is 45.2 Å². The Hall–Kier alpha value is -4.82. The van der Waals surface area contributed by atoms with Gasteiger partial charge in [-0.1, -0.05) is 22.4 Å². The van der Waals surface area contributed by atoms with Gasteiger partial charge in [-0.25, -0.2) is 0 Å². The zero-order valence-electron chi connectivity index (χ0n) is 27.1. The average Bonchev–Trinajstić information content (AvgIpc) is 3.82. The molecule has 2 fully saturated rings. The molecule has 0 saturated heterocycles. The molecule has 14 heteroatoms. The van der Waals surface area contributed by atoms with Gasteiger partial charge in [0, 0.05) is 42.5 Å². The normalized spacial score (nSPS) is 20.5. The van der Waals surface area contributed by atoms with Crippen LogP contribution in [0.3, 0.4) is 0 Å². The number of anilines is 2. The van der Waals surface area contributed by atoms with Gasteiger partial charge >= 0.3 is 0 Å². The minimum Gasteiger partial charge on any atom is -0.393 e. The molecule has 250 valence electrons. The molecular weight excluding hydrogens is 608 g/mol. The third kappa shape index (κ3) is 7.60. The number of nitrogens with one attached hydrogen (secondary N) is 2. The lowest BCUT2D eigenvalue weighted by Crippen LogP contribution is -2.18. The molecule has 2 aliphatic carbocycles. The molecule has 6 rings (SSSR count). The molecule has 4 aromatic rings. The van der Waals surface area contributed by atoms with Crippen LogP contribution in [-0.2, 0) is 4.74 Å². The number of aliphatic hydroxyl groups is 1. The van der Waals surface area contributed by atoms with Crippen molar-refractivity contribution in [1.29, 1.82) is 0 Å². The van der Waals surface area contributed by atoms with Crippen molar-refractivity contribution in [3.63, 3.8) is 0 Å². The van der Waals surface area contributed by atoms with Crippen LogP contribution in [-0.4, -0.2) is 56.7 Å². The van der Waals surface area contributed by atoms with E-state index in [-0.39, 0.29) is 40.6 Å². The topological polar surface area (TPSA) is 192 Å². The first kappa shape index (κ1) is 33.5. The van der Waals surface area contributed by atoms with Gasteiger partial charge < -0.3 is 29.5 Å². The summed E-state index contributed by atoms with van der Waals surface area (Å²) in [6, 6.07) is 10.5. The zero-order chi connectivity index (χ0) is 33.8. The van der Waals surface area contributed by atoms with Crippen molar-refractivity contribution in [2.75, 3.05) is 17.7 Å². The molecule has 2 saturated carbocycles. The first-order valence-corrected chi connectivity index (χ1v) is 15.6. The maximum absolute atomic E-state index is 11.5. The third-order valence-electron chi connectivity index (χ3n) is 8.87. The fraction of sp³-hybridized carbons (Fsp3) is 0.455. The first-order valence-electron chi connectivity index (χ1n) is 15.6. The smallest absolute Gasteiger partial charge is 0.292 e. The Morgan fingerprint density at radius 2 is 1.23 bits per heavy atom. The van der Waals surface area contributed by atoms with E-state index >= 15 is 0 Å². The van der Waals surface area contributed by atoms with E-state index in [2.05, 4.69) is 20.9 Å². The number of nitrogens with zero attached hydrogens (tertiary/aromatic N) is 4. The number of aromatic nitrogens is 2. The molecule has 2 aromatic carbocycles. The average molecular weight is 649 g/mol. The molecule has 2 aromatic heterocycles. The lowest BCUT2D eigenvalue weighted by molar-refractivity contribution is -0.384. The molecule has 4 atom stereocenters. The van der Waals surface area contributed by atoms with Crippen molar-refractivity contribution >= 4 is 22.7 Å². The lowest BCUT2D eigenvalue weighted by atomic mass is 10.0. The Labute approximate surface area is 271 Å². The molecule has 0 unspecified atom stereocenters. The SMILES string of the molecule is CO[C@@H]1CC[C@@H](Nc2ccc(-c3c(C)noc3C)cc2[N+](=O)[O-])C1.Cc1noc(C)c1-c1ccc(N[C@@H]2CC[C@@H](O)C2)c([N+](=O)[O-])c1. The second kappa shape index (κ2) is 14.3. The molecule has 0 spiro atoms. The van der Waals surface area contributed by atoms with Gasteiger partial charge in [0.1, 0.15) is 22.9 Å². The van der Waals surface area contributed by atoms with Crippen molar-refractivity contribution in [1.82, 2.24) is 10.3 Å². The van der Waals surface area contributed by atoms with Gasteiger partial charge in [-0.15, -0.1) is 0 Å². The van der Waals surface area contributed by atoms with Crippen LogP contribution in [0.25, 0.3) is 22.3 Å². The number of methoxy groups -OCH3 is 1. The minimum atomic E-state index is -0.393. The number of hydrogen-bond acceptors (Lipinski definition) is 12. The molecule has 14 nitrogen and oxygen atoms in total. The molecular formula is C33H40N6O8. The molecule has 0 amide bonds. The molecule has 2 heterocycles. The summed E-state index contributed by atoms with van der Waals surface area (Å²) >= 11 is 0. The Morgan fingerprint density at radius 1 is 0.766 bits per heavy atom. The van der Waals surface area contributed by atoms with Gasteiger partial charge in [0.2, 0.25) is 0 Å². The van der Waals surface area contributed by atoms with Crippen molar-refractivity contribution in [2.45, 2.75) is 90.5 Å². The highest BCUT2D eigenvalue weighted by atomic mass is 16.6. The predicted octanol–water partition coefficient (Wildman–Crippen LogP) is 7.04. The second-order valence-corrected chi connectivity index (χ2v) is 12.2. The quantitative estimate of drug-likeness (QED) is 0.124. The van der Waals surface area contributed by atoms with Crippen LogP contribution in [0.15, 0.2) is 45.4 Å². The monoisotopic (exact) mass is 648 g/mol. The Bertz CT molecular complexity index is 1710. The van der Waals surface area contributed by atoms with Crippen LogP contribution in [0.5, 0.6) is 0 Å². The van der Waals surface area contributed by atoms with Crippen LogP contribution in [0.4, 0.5) is 22.7 Å². The summed E-state index contributed by atoms with van der Waals surface area (Å²) in [5.74, 6) is 1.29. The molecule has 0 bridgehead atoms. The van der Waals surface area contributed by atoms with Crippen LogP contribution in [0, 0.1) is 47.9 Å². The van der Waals surface area contributed by atoms with Gasteiger partial charge in [0.25, 0.3) is 11.4 Å². The number of aliphatic hydroxyl groups excluding tert-OH is 1. The molecule has 2 aliphatic rings. The lowest BCUT2D eigenvalue weighted by Gasteiger charge is -2.15. The Morgan fingerprint density at radius 3 is 1.60 bits per heavy atom. The first-order chi connectivity index (χ1) is 22.4. The Kier molecular flexibility index (Phi) is 10.2. The van der Waals surface area contributed by atoms with Crippen LogP contribution >= 0.6 is 0 Å². The Balaban J connectivity index is 0.000000185. The van der Waals surface area contributed by atoms with Crippen LogP contribution in [0.1, 0.15) is 61.4 Å². The maximum atomic E-state index is 11.5. The van der Waals surface area contributed by atoms with E-state index in [9.17, 15) is 25.3 Å². The fourth-order valence-electron chi connectivity index (χ4n) is 6.52. The van der Waals surface area contributed by atoms with Crippen molar-refractivity contribution in [3.05, 3.63) is 79.5 Å². The summed E-state index contributed by atoms with van der Waals surface area (Å²) in [7, 11) is 1.70. The van der Waals surface area contributed by atoms with E-state index in [1.165, 1.54) is 0 Å². The number of rotatable bonds is 9. The van der Waals surface area contributed by atoms with Crippen molar-refractivity contribution < 1.29 is 28.7 Å². The number of benzene rings is 2. The summed E-state index contributed by atoms with van der Waals surface area (Å²) in [5.41, 5.74) is 5.58. The molecule has 47 heavy (non-hydrogen) atoms. The predicted molar refractivity (Wildman–Crippen MR) is 175 cm³/mol. The summed E-state index contributed by atoms with van der Waals surface area (Å²) in [6.07, 6.45) is 4.82. The summed E-state index contributed by atoms with van der Waals surface area (Å²) in [4.78, 5) is 22.2. The van der Waals surface area contributed by atoms with Gasteiger partial charge in [0.05, 0.1) is 33.4 Å². The minimum absolute atomic E-state index is 0.0175. The van der Waals surface area contributed by atoms with E-state index in [0.717, 1.165) is 54.5 Å². The van der Waals surface area contributed by atoms with E-state index in [4.69, 9.17) is 13.8 Å². The van der Waals surface area contributed by atoms with E-state index in [0.29, 0.717) is 40.6 Å². The second-order valence-electron chi connectivity index (χ2n) is 12.2. The van der Waals surface area contributed by atoms with Gasteiger partial charge in [0.15, 0.2) is 0 Å². The largest absolute Gasteiger partial charge is 0.393 e. The van der Waals surface area contributed by atoms with E-state index < -0.39 is 4.92 Å². The number of nitro benzene ring substituents is 2. The number of ether oxygens (including phenoxy) is 1. The summed E-state index contributed by atoms with van der Waals surface area (Å²) in [5, 5.41) is 46.8. The summed E-state index contributed by atoms with van der Waals surface area (Å²) in [6.45, 7) is 7.22. The maximum Gasteiger partial charge on any atom is 0.292 e. The van der Waals surface area contributed by atoms with Crippen molar-refractivity contribution in [3.8, 4) is 22.3 Å². The highest BCUT2D eigenvalue weighted by Gasteiger charge is 2.28. The van der Waals surface area contributed by atoms with Gasteiger partial charge in [-0.2, -0.15) is 0 Å². The van der Waals surface area contributed by atoms with Gasteiger partial charge in [-0.3, -0.25) is 20.2 Å². The number of hydrogen-bond donors (Lipinski definition) is 3. The standard InChI is InChI=1S/C17H21N3O4.C16H19N3O4/c1-10-17(11(2)24-19-10)12-4-7-15(16(8-12)20(21)22)18-13-5-6-14(9-13)23-3;1-9-16(10(2)23-18-9)11-3-6-14(15(7-11)19(21)22)17-12-4-5-13(20)8-12/h4,7-8,13-14,18H,5-6,9H2,1-3H3;3,6-7,12-13,17,20H,4-5,8H2,1-2H3/t13-,14-;12-,13-/m11/s1. The fourth-order valence-corrected chi connectivity index (χ4v) is 6.52. The highest BCUT2D eigenvalue weighted by Crippen LogP contribution is 2.37. The third-order valence-corrected chi connectivity index (χ3v) is 8.87. The number of aryl methyl sites for hydroxylation is 4. The number of nitro groups is 2. The molecule has 0 aliphatic heterocycles. The van der Waals surface area contributed by atoms with E-state index in [1.807, 2.05) is 26.0 Å².